The molecule has 2 aliphatic heterocycles. The van der Waals surface area contributed by atoms with E-state index in [0.717, 1.165) is 34.7 Å². The average Bonchev–Trinajstić information content (AvgIpc) is 2.91. The van der Waals surface area contributed by atoms with E-state index in [1.807, 2.05) is 65.6 Å². The van der Waals surface area contributed by atoms with Crippen molar-refractivity contribution in [1.29, 1.82) is 0 Å². The number of nitrogens with zero attached hydrogens (tertiary/aromatic N) is 1. The smallest absolute Gasteiger partial charge is 0.254 e. The molecule has 0 aromatic heterocycles. The van der Waals surface area contributed by atoms with E-state index in [1.165, 1.54) is 0 Å². The number of carbonyl (C=O) groups is 2. The Morgan fingerprint density at radius 3 is 2.46 bits per heavy atom. The number of amides is 2. The lowest BCUT2D eigenvalue weighted by Crippen LogP contribution is -2.48. The third-order valence-electron chi connectivity index (χ3n) is 7.66. The minimum Gasteiger partial charge on any atom is -0.381 e. The molecular weight excluding hydrogens is 460 g/mol. The summed E-state index contributed by atoms with van der Waals surface area (Å²) in [5.74, 6) is 0.0424. The first-order valence-corrected chi connectivity index (χ1v) is 12.8. The van der Waals surface area contributed by atoms with E-state index in [2.05, 4.69) is 11.4 Å². The molecule has 5 nitrogen and oxygen atoms in total. The molecule has 0 radical (unpaired) electrons. The predicted molar refractivity (Wildman–Crippen MR) is 139 cm³/mol. The minimum atomic E-state index is -0.163. The first kappa shape index (κ1) is 23.8. The molecule has 6 heteroatoms. The van der Waals surface area contributed by atoms with Crippen LogP contribution >= 0.6 is 11.6 Å². The molecule has 5 rings (SSSR count). The van der Waals surface area contributed by atoms with Gasteiger partial charge in [0.05, 0.1) is 0 Å². The Hall–Kier alpha value is -2.89. The summed E-state index contributed by atoms with van der Waals surface area (Å²) in [5, 5.41) is 5.99. The van der Waals surface area contributed by atoms with Crippen LogP contribution in [0, 0.1) is 5.92 Å². The Morgan fingerprint density at radius 1 is 0.971 bits per heavy atom. The van der Waals surface area contributed by atoms with Crippen LogP contribution in [0.5, 0.6) is 0 Å². The fraction of sp³-hybridized carbons (Fsp3) is 0.379. The van der Waals surface area contributed by atoms with Gasteiger partial charge in [0.1, 0.15) is 0 Å². The molecule has 2 amide bonds. The number of benzene rings is 3. The quantitative estimate of drug-likeness (QED) is 0.534. The van der Waals surface area contributed by atoms with Gasteiger partial charge in [0.2, 0.25) is 5.91 Å². The number of carbonyl (C=O) groups excluding carboxylic acids is 2. The third-order valence-corrected chi connectivity index (χ3v) is 7.90. The van der Waals surface area contributed by atoms with Crippen molar-refractivity contribution in [1.82, 2.24) is 10.2 Å². The van der Waals surface area contributed by atoms with E-state index in [-0.39, 0.29) is 23.1 Å². The summed E-state index contributed by atoms with van der Waals surface area (Å²) in [6.45, 7) is 3.11. The van der Waals surface area contributed by atoms with E-state index in [1.54, 1.807) is 0 Å². The summed E-state index contributed by atoms with van der Waals surface area (Å²) in [6.07, 6.45) is 3.06. The van der Waals surface area contributed by atoms with Crippen molar-refractivity contribution in [2.45, 2.75) is 31.1 Å². The van der Waals surface area contributed by atoms with Gasteiger partial charge in [-0.05, 0) is 60.2 Å². The predicted octanol–water partition coefficient (Wildman–Crippen LogP) is 5.21. The lowest BCUT2D eigenvalue weighted by Gasteiger charge is -2.39. The zero-order chi connectivity index (χ0) is 24.3. The fourth-order valence-corrected chi connectivity index (χ4v) is 5.67. The van der Waals surface area contributed by atoms with Gasteiger partial charge in [-0.1, -0.05) is 60.1 Å². The molecule has 3 aromatic carbocycles. The molecule has 3 aromatic rings. The lowest BCUT2D eigenvalue weighted by molar-refractivity contribution is -0.126. The van der Waals surface area contributed by atoms with Gasteiger partial charge >= 0.3 is 0 Å². The van der Waals surface area contributed by atoms with Crippen LogP contribution < -0.4 is 5.32 Å². The Labute approximate surface area is 211 Å². The first-order chi connectivity index (χ1) is 17.1. The number of ether oxygens (including phenoxy) is 1. The van der Waals surface area contributed by atoms with E-state index in [0.29, 0.717) is 50.7 Å². The van der Waals surface area contributed by atoms with Crippen LogP contribution in [0.25, 0.3) is 10.8 Å². The van der Waals surface area contributed by atoms with Gasteiger partial charge in [-0.2, -0.15) is 0 Å². The van der Waals surface area contributed by atoms with Crippen LogP contribution in [-0.2, 0) is 14.9 Å². The number of piperidine rings is 1. The van der Waals surface area contributed by atoms with Gasteiger partial charge in [-0.3, -0.25) is 9.59 Å². The fourth-order valence-electron chi connectivity index (χ4n) is 5.48. The normalized spacial score (nSPS) is 18.4. The largest absolute Gasteiger partial charge is 0.381 e. The molecule has 2 heterocycles. The number of fused-ring (bicyclic) bond motifs is 1. The van der Waals surface area contributed by atoms with Gasteiger partial charge in [-0.15, -0.1) is 0 Å². The van der Waals surface area contributed by atoms with Crippen LogP contribution in [0.4, 0.5) is 0 Å². The number of nitrogens with one attached hydrogen (secondary N) is 1. The second-order valence-electron chi connectivity index (χ2n) is 9.71. The van der Waals surface area contributed by atoms with Crippen molar-refractivity contribution in [3.05, 3.63) is 82.9 Å². The molecule has 0 spiro atoms. The summed E-state index contributed by atoms with van der Waals surface area (Å²) < 4.78 is 5.61. The van der Waals surface area contributed by atoms with Crippen molar-refractivity contribution in [2.24, 2.45) is 5.92 Å². The Balaban J connectivity index is 1.21. The molecule has 0 atom stereocenters. The van der Waals surface area contributed by atoms with Crippen LogP contribution in [0.3, 0.4) is 0 Å². The second-order valence-corrected chi connectivity index (χ2v) is 10.2. The molecule has 182 valence electrons. The van der Waals surface area contributed by atoms with Gasteiger partial charge < -0.3 is 15.0 Å². The number of hydrogen-bond donors (Lipinski definition) is 1. The monoisotopic (exact) mass is 490 g/mol. The van der Waals surface area contributed by atoms with Crippen LogP contribution in [0.15, 0.2) is 66.7 Å². The van der Waals surface area contributed by atoms with Gasteiger partial charge in [-0.25, -0.2) is 0 Å². The number of rotatable bonds is 5. The highest BCUT2D eigenvalue weighted by Gasteiger charge is 2.36. The van der Waals surface area contributed by atoms with E-state index in [9.17, 15) is 9.59 Å². The van der Waals surface area contributed by atoms with Gasteiger partial charge in [0.25, 0.3) is 5.91 Å². The van der Waals surface area contributed by atoms with Crippen molar-refractivity contribution < 1.29 is 14.3 Å². The van der Waals surface area contributed by atoms with Crippen molar-refractivity contribution in [3.8, 4) is 0 Å². The summed E-state index contributed by atoms with van der Waals surface area (Å²) >= 11 is 6.28. The highest BCUT2D eigenvalue weighted by molar-refractivity contribution is 6.30. The standard InChI is InChI=1S/C29H31ClN2O3/c30-24-8-4-7-23(19-24)29(13-17-35-18-14-29)20-31-27(33)22-11-15-32(16-12-22)28(34)26-10-3-6-21-5-1-2-9-25(21)26/h1-10,19,22H,11-18,20H2,(H,31,33). The Bertz CT molecular complexity index is 1210. The van der Waals surface area contributed by atoms with Crippen LogP contribution in [-0.4, -0.2) is 49.6 Å². The zero-order valence-corrected chi connectivity index (χ0v) is 20.6. The molecule has 2 aliphatic rings. The molecule has 1 N–H and O–H groups in total. The number of likely N-dealkylation sites (tertiary alicyclic amines) is 1. The first-order valence-electron chi connectivity index (χ1n) is 12.4. The SMILES string of the molecule is O=C(NCC1(c2cccc(Cl)c2)CCOCC1)C1CCN(C(=O)c2cccc3ccccc23)CC1. The molecule has 0 aliphatic carbocycles. The summed E-state index contributed by atoms with van der Waals surface area (Å²) in [6, 6.07) is 21.8. The number of hydrogen-bond acceptors (Lipinski definition) is 3. The molecule has 0 bridgehead atoms. The molecule has 0 saturated carbocycles. The summed E-state index contributed by atoms with van der Waals surface area (Å²) in [7, 11) is 0. The van der Waals surface area contributed by atoms with Gasteiger partial charge in [0, 0.05) is 54.8 Å². The molecule has 0 unspecified atom stereocenters. The van der Waals surface area contributed by atoms with Crippen molar-refractivity contribution in [2.75, 3.05) is 32.8 Å². The molecule has 2 saturated heterocycles. The highest BCUT2D eigenvalue weighted by atomic mass is 35.5. The Morgan fingerprint density at radius 2 is 1.69 bits per heavy atom. The summed E-state index contributed by atoms with van der Waals surface area (Å²) in [5.41, 5.74) is 1.72. The van der Waals surface area contributed by atoms with Crippen LogP contribution in [0.2, 0.25) is 5.02 Å². The maximum absolute atomic E-state index is 13.3. The average molecular weight is 491 g/mol. The van der Waals surface area contributed by atoms with Crippen LogP contribution in [0.1, 0.15) is 41.6 Å². The third kappa shape index (κ3) is 5.07. The minimum absolute atomic E-state index is 0.0442. The van der Waals surface area contributed by atoms with Gasteiger partial charge in [0.15, 0.2) is 0 Å². The summed E-state index contributed by atoms with van der Waals surface area (Å²) in [4.78, 5) is 28.3. The maximum atomic E-state index is 13.3. The van der Waals surface area contributed by atoms with Crippen molar-refractivity contribution >= 4 is 34.2 Å². The zero-order valence-electron chi connectivity index (χ0n) is 19.8. The molecule has 35 heavy (non-hydrogen) atoms. The lowest BCUT2D eigenvalue weighted by atomic mass is 9.74. The Kier molecular flexibility index (Phi) is 7.07. The van der Waals surface area contributed by atoms with E-state index in [4.69, 9.17) is 16.3 Å². The highest BCUT2D eigenvalue weighted by Crippen LogP contribution is 2.35. The van der Waals surface area contributed by atoms with Crippen molar-refractivity contribution in [3.63, 3.8) is 0 Å². The molecular formula is C29H31ClN2O3. The maximum Gasteiger partial charge on any atom is 0.254 e. The van der Waals surface area contributed by atoms with E-state index >= 15 is 0 Å². The topological polar surface area (TPSA) is 58.6 Å². The molecule has 2 fully saturated rings. The second kappa shape index (κ2) is 10.4. The van der Waals surface area contributed by atoms with E-state index < -0.39 is 0 Å². The number of halogens is 1.